The summed E-state index contributed by atoms with van der Waals surface area (Å²) in [6, 6.07) is 57.3. The summed E-state index contributed by atoms with van der Waals surface area (Å²) < 4.78 is 8.67. The maximum atomic E-state index is 6.16. The standard InChI is InChI=1S/C47H27N3OS/c1-3-12-29(13-4-1)42-37(25-24-36-35-23-21-30-20-19-28-11-7-8-16-33(28)41(30)43(35)52-44(36)42)47-49-45(31-14-5-2-6-15-31)48-46(50-47)32-22-26-40-38(27-32)34-17-9-10-18-39(34)51-40/h1-27H. The van der Waals surface area contributed by atoms with Crippen molar-refractivity contribution in [2.75, 3.05) is 0 Å². The lowest BCUT2D eigenvalue weighted by atomic mass is 9.95. The molecule has 0 bridgehead atoms. The highest BCUT2D eigenvalue weighted by molar-refractivity contribution is 7.27. The molecule has 242 valence electrons. The Bertz CT molecular complexity index is 3180. The number of hydrogen-bond acceptors (Lipinski definition) is 5. The molecule has 0 saturated heterocycles. The third kappa shape index (κ3) is 4.50. The van der Waals surface area contributed by atoms with Crippen LogP contribution in [0, 0.1) is 0 Å². The number of para-hydroxylation sites is 1. The van der Waals surface area contributed by atoms with Gasteiger partial charge < -0.3 is 4.42 Å². The molecule has 3 heterocycles. The molecule has 0 unspecified atom stereocenters. The van der Waals surface area contributed by atoms with E-state index in [0.717, 1.165) is 49.8 Å². The first-order valence-corrected chi connectivity index (χ1v) is 18.2. The molecule has 5 heteroatoms. The first-order chi connectivity index (χ1) is 25.8. The van der Waals surface area contributed by atoms with Crippen LogP contribution in [0.4, 0.5) is 0 Å². The summed E-state index contributed by atoms with van der Waals surface area (Å²) >= 11 is 1.86. The number of furan rings is 1. The van der Waals surface area contributed by atoms with Gasteiger partial charge in [-0.05, 0) is 52.1 Å². The molecule has 4 nitrogen and oxygen atoms in total. The Balaban J connectivity index is 1.21. The molecule has 0 saturated carbocycles. The molecule has 0 fully saturated rings. The molecule has 0 aliphatic rings. The van der Waals surface area contributed by atoms with Gasteiger partial charge in [-0.25, -0.2) is 15.0 Å². The SMILES string of the molecule is c1ccc(-c2nc(-c3ccc4oc5ccccc5c4c3)nc(-c3ccc4c(sc5c4ccc4ccc6ccccc6c45)c3-c3ccccc3)n2)cc1. The number of benzene rings is 8. The highest BCUT2D eigenvalue weighted by Crippen LogP contribution is 2.47. The second-order valence-electron chi connectivity index (χ2n) is 13.1. The van der Waals surface area contributed by atoms with E-state index in [1.165, 1.54) is 41.7 Å². The Morgan fingerprint density at radius 3 is 1.85 bits per heavy atom. The number of rotatable bonds is 4. The van der Waals surface area contributed by atoms with E-state index in [1.54, 1.807) is 0 Å². The molecule has 52 heavy (non-hydrogen) atoms. The summed E-state index contributed by atoms with van der Waals surface area (Å²) in [5, 5.41) is 9.66. The number of fused-ring (bicyclic) bond motifs is 10. The molecule has 0 atom stereocenters. The second kappa shape index (κ2) is 11.4. The lowest BCUT2D eigenvalue weighted by molar-refractivity contribution is 0.669. The second-order valence-corrected chi connectivity index (χ2v) is 14.2. The Labute approximate surface area is 302 Å². The summed E-state index contributed by atoms with van der Waals surface area (Å²) in [7, 11) is 0. The van der Waals surface area contributed by atoms with E-state index in [4.69, 9.17) is 19.4 Å². The Morgan fingerprint density at radius 2 is 1.00 bits per heavy atom. The van der Waals surface area contributed by atoms with E-state index in [-0.39, 0.29) is 0 Å². The van der Waals surface area contributed by atoms with Gasteiger partial charge in [0.2, 0.25) is 0 Å². The molecule has 0 aliphatic heterocycles. The van der Waals surface area contributed by atoms with E-state index in [2.05, 4.69) is 115 Å². The lowest BCUT2D eigenvalue weighted by Crippen LogP contribution is -2.01. The smallest absolute Gasteiger partial charge is 0.164 e. The van der Waals surface area contributed by atoms with Crippen molar-refractivity contribution in [3.8, 4) is 45.3 Å². The summed E-state index contributed by atoms with van der Waals surface area (Å²) in [5.74, 6) is 1.88. The van der Waals surface area contributed by atoms with E-state index in [9.17, 15) is 0 Å². The van der Waals surface area contributed by atoms with Gasteiger partial charge in [0.1, 0.15) is 11.2 Å². The summed E-state index contributed by atoms with van der Waals surface area (Å²) in [5.41, 5.74) is 6.76. The summed E-state index contributed by atoms with van der Waals surface area (Å²) in [6.07, 6.45) is 0. The number of hydrogen-bond donors (Lipinski definition) is 0. The average Bonchev–Trinajstić information content (AvgIpc) is 3.79. The van der Waals surface area contributed by atoms with Crippen molar-refractivity contribution in [3.05, 3.63) is 164 Å². The maximum Gasteiger partial charge on any atom is 0.164 e. The maximum absolute atomic E-state index is 6.16. The van der Waals surface area contributed by atoms with Crippen LogP contribution in [-0.4, -0.2) is 15.0 Å². The van der Waals surface area contributed by atoms with Gasteiger partial charge in [-0.3, -0.25) is 0 Å². The first kappa shape index (κ1) is 29.1. The molecular weight excluding hydrogens is 655 g/mol. The minimum absolute atomic E-state index is 0.615. The Kier molecular flexibility index (Phi) is 6.39. The van der Waals surface area contributed by atoms with Gasteiger partial charge in [-0.1, -0.05) is 133 Å². The van der Waals surface area contributed by atoms with Gasteiger partial charge >= 0.3 is 0 Å². The molecule has 0 N–H and O–H groups in total. The van der Waals surface area contributed by atoms with Crippen LogP contribution in [0.1, 0.15) is 0 Å². The summed E-state index contributed by atoms with van der Waals surface area (Å²) in [4.78, 5) is 15.5. The zero-order valence-electron chi connectivity index (χ0n) is 27.7. The van der Waals surface area contributed by atoms with Crippen LogP contribution in [0.25, 0.3) is 109 Å². The third-order valence-corrected chi connectivity index (χ3v) is 11.4. The van der Waals surface area contributed by atoms with E-state index >= 15 is 0 Å². The minimum Gasteiger partial charge on any atom is -0.456 e. The van der Waals surface area contributed by atoms with Crippen LogP contribution < -0.4 is 0 Å². The van der Waals surface area contributed by atoms with Crippen molar-refractivity contribution in [1.29, 1.82) is 0 Å². The zero-order chi connectivity index (χ0) is 34.2. The molecule has 0 amide bonds. The Hall–Kier alpha value is -6.69. The van der Waals surface area contributed by atoms with E-state index in [1.807, 2.05) is 59.9 Å². The van der Waals surface area contributed by atoms with Gasteiger partial charge in [0, 0.05) is 58.6 Å². The van der Waals surface area contributed by atoms with Gasteiger partial charge in [0.15, 0.2) is 17.5 Å². The van der Waals surface area contributed by atoms with Crippen molar-refractivity contribution in [2.45, 2.75) is 0 Å². The predicted octanol–water partition coefficient (Wildman–Crippen LogP) is 13.1. The van der Waals surface area contributed by atoms with Crippen LogP contribution in [0.5, 0.6) is 0 Å². The van der Waals surface area contributed by atoms with Gasteiger partial charge in [-0.15, -0.1) is 11.3 Å². The highest BCUT2D eigenvalue weighted by atomic mass is 32.1. The molecule has 11 aromatic rings. The third-order valence-electron chi connectivity index (χ3n) is 10.1. The normalized spacial score (nSPS) is 11.8. The fourth-order valence-corrected chi connectivity index (χ4v) is 9.11. The van der Waals surface area contributed by atoms with Gasteiger partial charge in [0.25, 0.3) is 0 Å². The van der Waals surface area contributed by atoms with Crippen LogP contribution in [0.15, 0.2) is 168 Å². The number of thiophene rings is 1. The highest BCUT2D eigenvalue weighted by Gasteiger charge is 2.21. The summed E-state index contributed by atoms with van der Waals surface area (Å²) in [6.45, 7) is 0. The van der Waals surface area contributed by atoms with Gasteiger partial charge in [-0.2, -0.15) is 0 Å². The van der Waals surface area contributed by atoms with Crippen molar-refractivity contribution in [3.63, 3.8) is 0 Å². The fourth-order valence-electron chi connectivity index (χ4n) is 7.67. The first-order valence-electron chi connectivity index (χ1n) is 17.4. The topological polar surface area (TPSA) is 51.8 Å². The number of nitrogens with zero attached hydrogens (tertiary/aromatic N) is 3. The molecule has 0 aliphatic carbocycles. The molecular formula is C47H27N3OS. The average molecular weight is 682 g/mol. The van der Waals surface area contributed by atoms with Crippen molar-refractivity contribution < 1.29 is 4.42 Å². The molecule has 0 radical (unpaired) electrons. The van der Waals surface area contributed by atoms with Crippen molar-refractivity contribution in [2.24, 2.45) is 0 Å². The zero-order valence-corrected chi connectivity index (χ0v) is 28.6. The quantitative estimate of drug-likeness (QED) is 0.174. The molecule has 8 aromatic carbocycles. The largest absolute Gasteiger partial charge is 0.456 e. The molecule has 0 spiro atoms. The minimum atomic E-state index is 0.615. The van der Waals surface area contributed by atoms with Crippen LogP contribution in [0.2, 0.25) is 0 Å². The van der Waals surface area contributed by atoms with Crippen LogP contribution in [0.3, 0.4) is 0 Å². The van der Waals surface area contributed by atoms with Crippen LogP contribution in [-0.2, 0) is 0 Å². The lowest BCUT2D eigenvalue weighted by Gasteiger charge is -2.13. The monoisotopic (exact) mass is 681 g/mol. The molecule has 3 aromatic heterocycles. The van der Waals surface area contributed by atoms with Gasteiger partial charge in [0.05, 0.1) is 0 Å². The number of aromatic nitrogens is 3. The molecule has 11 rings (SSSR count). The fraction of sp³-hybridized carbons (Fsp3) is 0. The van der Waals surface area contributed by atoms with E-state index in [0.29, 0.717) is 17.5 Å². The van der Waals surface area contributed by atoms with Crippen LogP contribution >= 0.6 is 11.3 Å². The predicted molar refractivity (Wildman–Crippen MR) is 217 cm³/mol. The Morgan fingerprint density at radius 1 is 0.385 bits per heavy atom. The van der Waals surface area contributed by atoms with Crippen molar-refractivity contribution in [1.82, 2.24) is 15.0 Å². The van der Waals surface area contributed by atoms with E-state index < -0.39 is 0 Å². The van der Waals surface area contributed by atoms with Crippen molar-refractivity contribution >= 4 is 75.0 Å².